The van der Waals surface area contributed by atoms with Crippen LogP contribution in [0.5, 0.6) is 0 Å². The third-order valence-electron chi connectivity index (χ3n) is 2.65. The van der Waals surface area contributed by atoms with Crippen LogP contribution in [0.25, 0.3) is 0 Å². The molecule has 0 aromatic heterocycles. The Kier molecular flexibility index (Phi) is 12.7. The van der Waals surface area contributed by atoms with Gasteiger partial charge in [0.05, 0.1) is 6.54 Å². The Hall–Kier alpha value is -0.530. The largest absolute Gasteiger partial charge is 0.370 e. The van der Waals surface area contributed by atoms with Crippen LogP contribution in [0.2, 0.25) is 0 Å². The Bertz CT molecular complexity index is 258. The van der Waals surface area contributed by atoms with Crippen molar-refractivity contribution in [2.45, 2.75) is 59.0 Å². The molecular formula is C12H27IN4O. The van der Waals surface area contributed by atoms with Crippen molar-refractivity contribution in [2.75, 3.05) is 6.54 Å². The molecule has 0 aromatic carbocycles. The van der Waals surface area contributed by atoms with Gasteiger partial charge in [-0.1, -0.05) is 13.8 Å². The van der Waals surface area contributed by atoms with E-state index in [9.17, 15) is 4.79 Å². The molecule has 0 saturated carbocycles. The molecule has 0 spiro atoms. The van der Waals surface area contributed by atoms with Crippen LogP contribution >= 0.6 is 24.0 Å². The lowest BCUT2D eigenvalue weighted by Crippen LogP contribution is -2.38. The standard InChI is InChI=1S/C12H26N4O.HI/c1-5-9(3)15-11(17)7-8-14-12(13)16-10(4)6-2;/h9-10H,5-8H2,1-4H3,(H,15,17)(H3,13,14,16);1H. The van der Waals surface area contributed by atoms with E-state index in [1.54, 1.807) is 0 Å². The highest BCUT2D eigenvalue weighted by molar-refractivity contribution is 14.0. The van der Waals surface area contributed by atoms with Crippen LogP contribution in [-0.2, 0) is 4.79 Å². The highest BCUT2D eigenvalue weighted by Gasteiger charge is 2.04. The normalized spacial score (nSPS) is 14.3. The minimum absolute atomic E-state index is 0. The van der Waals surface area contributed by atoms with Gasteiger partial charge in [-0.05, 0) is 26.7 Å². The molecule has 2 unspecified atom stereocenters. The summed E-state index contributed by atoms with van der Waals surface area (Å²) in [6.07, 6.45) is 2.31. The number of nitrogens with one attached hydrogen (secondary N) is 2. The quantitative estimate of drug-likeness (QED) is 0.362. The molecule has 0 radical (unpaired) electrons. The molecule has 6 heteroatoms. The number of guanidine groups is 1. The molecule has 5 nitrogen and oxygen atoms in total. The third-order valence-corrected chi connectivity index (χ3v) is 2.65. The van der Waals surface area contributed by atoms with Gasteiger partial charge in [0.2, 0.25) is 5.91 Å². The minimum atomic E-state index is 0. The summed E-state index contributed by atoms with van der Waals surface area (Å²) in [5.41, 5.74) is 5.67. The van der Waals surface area contributed by atoms with Gasteiger partial charge in [0.1, 0.15) is 0 Å². The zero-order chi connectivity index (χ0) is 13.3. The van der Waals surface area contributed by atoms with Gasteiger partial charge in [0.25, 0.3) is 0 Å². The molecule has 0 fully saturated rings. The van der Waals surface area contributed by atoms with E-state index in [0.29, 0.717) is 25.0 Å². The van der Waals surface area contributed by atoms with Crippen molar-refractivity contribution < 1.29 is 4.79 Å². The molecule has 0 saturated heterocycles. The van der Waals surface area contributed by atoms with Gasteiger partial charge in [-0.2, -0.15) is 0 Å². The fourth-order valence-electron chi connectivity index (χ4n) is 1.13. The second kappa shape index (κ2) is 11.6. The molecule has 0 bridgehead atoms. The number of rotatable bonds is 7. The van der Waals surface area contributed by atoms with E-state index >= 15 is 0 Å². The van der Waals surface area contributed by atoms with Gasteiger partial charge in [-0.3, -0.25) is 9.79 Å². The number of hydrogen-bond acceptors (Lipinski definition) is 2. The molecule has 0 aliphatic rings. The molecule has 4 N–H and O–H groups in total. The Morgan fingerprint density at radius 1 is 1.17 bits per heavy atom. The average Bonchev–Trinajstić information content (AvgIpc) is 2.28. The monoisotopic (exact) mass is 370 g/mol. The predicted molar refractivity (Wildman–Crippen MR) is 87.3 cm³/mol. The number of amides is 1. The highest BCUT2D eigenvalue weighted by atomic mass is 127. The van der Waals surface area contributed by atoms with E-state index in [4.69, 9.17) is 5.73 Å². The summed E-state index contributed by atoms with van der Waals surface area (Å²) in [7, 11) is 0. The number of hydrogen-bond donors (Lipinski definition) is 3. The van der Waals surface area contributed by atoms with Crippen LogP contribution in [0.3, 0.4) is 0 Å². The minimum Gasteiger partial charge on any atom is -0.370 e. The molecule has 0 aliphatic heterocycles. The first-order valence-electron chi connectivity index (χ1n) is 6.35. The zero-order valence-corrected chi connectivity index (χ0v) is 14.2. The van der Waals surface area contributed by atoms with Crippen LogP contribution in [0.1, 0.15) is 47.0 Å². The summed E-state index contributed by atoms with van der Waals surface area (Å²) in [6.45, 7) is 8.57. The molecular weight excluding hydrogens is 343 g/mol. The number of halogens is 1. The van der Waals surface area contributed by atoms with E-state index in [2.05, 4.69) is 22.5 Å². The summed E-state index contributed by atoms with van der Waals surface area (Å²) >= 11 is 0. The van der Waals surface area contributed by atoms with Crippen molar-refractivity contribution in [3.8, 4) is 0 Å². The van der Waals surface area contributed by atoms with E-state index in [-0.39, 0.29) is 35.9 Å². The lowest BCUT2D eigenvalue weighted by atomic mass is 10.2. The molecule has 1 amide bonds. The van der Waals surface area contributed by atoms with E-state index in [1.165, 1.54) is 0 Å². The molecule has 0 rings (SSSR count). The summed E-state index contributed by atoms with van der Waals surface area (Å²) < 4.78 is 0. The van der Waals surface area contributed by atoms with Crippen LogP contribution < -0.4 is 16.4 Å². The topological polar surface area (TPSA) is 79.5 Å². The first-order valence-corrected chi connectivity index (χ1v) is 6.35. The Balaban J connectivity index is 0. The third kappa shape index (κ3) is 10.6. The van der Waals surface area contributed by atoms with Crippen molar-refractivity contribution in [1.29, 1.82) is 0 Å². The smallest absolute Gasteiger partial charge is 0.222 e. The van der Waals surface area contributed by atoms with Gasteiger partial charge >= 0.3 is 0 Å². The second-order valence-corrected chi connectivity index (χ2v) is 4.35. The first kappa shape index (κ1) is 19.8. The van der Waals surface area contributed by atoms with Crippen molar-refractivity contribution in [3.63, 3.8) is 0 Å². The van der Waals surface area contributed by atoms with Crippen LogP contribution in [-0.4, -0.2) is 30.5 Å². The van der Waals surface area contributed by atoms with Gasteiger partial charge in [0, 0.05) is 18.5 Å². The average molecular weight is 370 g/mol. The van der Waals surface area contributed by atoms with E-state index < -0.39 is 0 Å². The van der Waals surface area contributed by atoms with Crippen molar-refractivity contribution in [2.24, 2.45) is 10.7 Å². The number of aliphatic imine (C=N–C) groups is 1. The summed E-state index contributed by atoms with van der Waals surface area (Å²) in [4.78, 5) is 15.5. The fourth-order valence-corrected chi connectivity index (χ4v) is 1.13. The van der Waals surface area contributed by atoms with Crippen LogP contribution in [0.15, 0.2) is 4.99 Å². The number of carbonyl (C=O) groups excluding carboxylic acids is 1. The molecule has 18 heavy (non-hydrogen) atoms. The highest BCUT2D eigenvalue weighted by Crippen LogP contribution is 1.91. The molecule has 108 valence electrons. The van der Waals surface area contributed by atoms with Gasteiger partial charge in [-0.15, -0.1) is 24.0 Å². The van der Waals surface area contributed by atoms with Crippen molar-refractivity contribution >= 4 is 35.8 Å². The maximum atomic E-state index is 11.4. The Labute approximate surface area is 127 Å². The SMILES string of the molecule is CCC(C)NC(=O)CCN=C(N)NC(C)CC.I. The van der Waals surface area contributed by atoms with Crippen LogP contribution in [0, 0.1) is 0 Å². The molecule has 0 aliphatic carbocycles. The Morgan fingerprint density at radius 2 is 1.67 bits per heavy atom. The van der Waals surface area contributed by atoms with Crippen molar-refractivity contribution in [3.05, 3.63) is 0 Å². The Morgan fingerprint density at radius 3 is 2.17 bits per heavy atom. The predicted octanol–water partition coefficient (Wildman–Crippen LogP) is 1.61. The van der Waals surface area contributed by atoms with Crippen LogP contribution in [0.4, 0.5) is 0 Å². The summed E-state index contributed by atoms with van der Waals surface area (Å²) in [5, 5.41) is 5.94. The molecule has 0 heterocycles. The van der Waals surface area contributed by atoms with Gasteiger partial charge < -0.3 is 16.4 Å². The summed E-state index contributed by atoms with van der Waals surface area (Å²) in [5.74, 6) is 0.440. The summed E-state index contributed by atoms with van der Waals surface area (Å²) in [6, 6.07) is 0.537. The number of nitrogens with two attached hydrogens (primary N) is 1. The fraction of sp³-hybridized carbons (Fsp3) is 0.833. The van der Waals surface area contributed by atoms with E-state index in [0.717, 1.165) is 12.8 Å². The van der Waals surface area contributed by atoms with Gasteiger partial charge in [0.15, 0.2) is 5.96 Å². The van der Waals surface area contributed by atoms with E-state index in [1.807, 2.05) is 20.8 Å². The number of nitrogens with zero attached hydrogens (tertiary/aromatic N) is 1. The first-order chi connectivity index (χ1) is 7.99. The maximum absolute atomic E-state index is 11.4. The number of carbonyl (C=O) groups is 1. The van der Waals surface area contributed by atoms with Crippen molar-refractivity contribution in [1.82, 2.24) is 10.6 Å². The molecule has 0 aromatic rings. The second-order valence-electron chi connectivity index (χ2n) is 4.35. The lowest BCUT2D eigenvalue weighted by molar-refractivity contribution is -0.121. The lowest BCUT2D eigenvalue weighted by Gasteiger charge is -2.12. The molecule has 2 atom stereocenters. The maximum Gasteiger partial charge on any atom is 0.222 e. The van der Waals surface area contributed by atoms with Gasteiger partial charge in [-0.25, -0.2) is 0 Å². The zero-order valence-electron chi connectivity index (χ0n) is 11.8.